The summed E-state index contributed by atoms with van der Waals surface area (Å²) >= 11 is 1.37. The van der Waals surface area contributed by atoms with E-state index in [0.29, 0.717) is 0 Å². The maximum atomic E-state index is 11.7. The molecule has 1 amide bonds. The summed E-state index contributed by atoms with van der Waals surface area (Å²) in [5.41, 5.74) is 3.72. The third-order valence-corrected chi connectivity index (χ3v) is 3.59. The van der Waals surface area contributed by atoms with Gasteiger partial charge in [-0.2, -0.15) is 4.37 Å². The molecule has 0 atom stereocenters. The van der Waals surface area contributed by atoms with Gasteiger partial charge in [-0.25, -0.2) is 4.79 Å². The first kappa shape index (κ1) is 17.2. The van der Waals surface area contributed by atoms with E-state index in [-0.39, 0.29) is 6.61 Å². The van der Waals surface area contributed by atoms with E-state index in [0.717, 1.165) is 21.8 Å². The van der Waals surface area contributed by atoms with Crippen molar-refractivity contribution >= 4 is 23.3 Å². The van der Waals surface area contributed by atoms with Crippen molar-refractivity contribution < 1.29 is 9.53 Å². The summed E-state index contributed by atoms with van der Waals surface area (Å²) in [6, 6.07) is 7.89. The van der Waals surface area contributed by atoms with Crippen molar-refractivity contribution in [3.63, 3.8) is 0 Å². The molecule has 1 aromatic heterocycles. The van der Waals surface area contributed by atoms with Gasteiger partial charge in [-0.1, -0.05) is 43.7 Å². The molecule has 0 bridgehead atoms. The Balaban J connectivity index is 0.00000106. The number of aryl methyl sites for hydroxylation is 3. The SMILES string of the molecule is CC.Cc1ccc(COC(=O)Nc2c(C)nsc2C)cc1. The van der Waals surface area contributed by atoms with Gasteiger partial charge in [0.05, 0.1) is 11.4 Å². The molecule has 1 heterocycles. The summed E-state index contributed by atoms with van der Waals surface area (Å²) in [6.07, 6.45) is -0.452. The van der Waals surface area contributed by atoms with Crippen molar-refractivity contribution in [1.82, 2.24) is 4.37 Å². The van der Waals surface area contributed by atoms with Crippen LogP contribution in [0.25, 0.3) is 0 Å². The minimum absolute atomic E-state index is 0.266. The highest BCUT2D eigenvalue weighted by Crippen LogP contribution is 2.23. The second kappa shape index (κ2) is 8.42. The van der Waals surface area contributed by atoms with Crippen LogP contribution in [-0.2, 0) is 11.3 Å². The fraction of sp³-hybridized carbons (Fsp3) is 0.375. The molecular formula is C16H22N2O2S. The third-order valence-electron chi connectivity index (χ3n) is 2.75. The Labute approximate surface area is 130 Å². The lowest BCUT2D eigenvalue weighted by molar-refractivity contribution is 0.155. The predicted octanol–water partition coefficient (Wildman–Crippen LogP) is 4.84. The lowest BCUT2D eigenvalue weighted by atomic mass is 10.2. The van der Waals surface area contributed by atoms with E-state index in [1.165, 1.54) is 17.1 Å². The van der Waals surface area contributed by atoms with Crippen LogP contribution in [0.4, 0.5) is 10.5 Å². The number of nitrogens with one attached hydrogen (secondary N) is 1. The van der Waals surface area contributed by atoms with Crippen molar-refractivity contribution in [2.75, 3.05) is 5.32 Å². The van der Waals surface area contributed by atoms with E-state index in [1.807, 2.05) is 58.9 Å². The maximum absolute atomic E-state index is 11.7. The molecule has 0 aliphatic rings. The molecule has 21 heavy (non-hydrogen) atoms. The predicted molar refractivity (Wildman–Crippen MR) is 87.9 cm³/mol. The summed E-state index contributed by atoms with van der Waals surface area (Å²) in [5.74, 6) is 0. The molecule has 0 radical (unpaired) electrons. The van der Waals surface area contributed by atoms with Crippen LogP contribution in [0.3, 0.4) is 0 Å². The van der Waals surface area contributed by atoms with E-state index in [1.54, 1.807) is 0 Å². The van der Waals surface area contributed by atoms with Gasteiger partial charge in [0.15, 0.2) is 0 Å². The van der Waals surface area contributed by atoms with Crippen LogP contribution in [0, 0.1) is 20.8 Å². The summed E-state index contributed by atoms with van der Waals surface area (Å²) in [7, 11) is 0. The molecule has 0 saturated carbocycles. The van der Waals surface area contributed by atoms with E-state index in [4.69, 9.17) is 4.74 Å². The van der Waals surface area contributed by atoms with Gasteiger partial charge < -0.3 is 4.74 Å². The van der Waals surface area contributed by atoms with Crippen LogP contribution in [0.1, 0.15) is 35.5 Å². The Bertz CT molecular complexity index is 557. The molecular weight excluding hydrogens is 284 g/mol. The Hall–Kier alpha value is -1.88. The van der Waals surface area contributed by atoms with Gasteiger partial charge in [-0.05, 0) is 37.9 Å². The number of anilines is 1. The first-order valence-corrected chi connectivity index (χ1v) is 7.76. The summed E-state index contributed by atoms with van der Waals surface area (Å²) in [4.78, 5) is 12.7. The minimum atomic E-state index is -0.452. The topological polar surface area (TPSA) is 51.2 Å². The molecule has 0 aliphatic carbocycles. The van der Waals surface area contributed by atoms with Crippen molar-refractivity contribution in [1.29, 1.82) is 0 Å². The van der Waals surface area contributed by atoms with E-state index < -0.39 is 6.09 Å². The third kappa shape index (κ3) is 5.19. The van der Waals surface area contributed by atoms with Gasteiger partial charge in [-0.15, -0.1) is 0 Å². The number of carbonyl (C=O) groups is 1. The Morgan fingerprint density at radius 3 is 2.33 bits per heavy atom. The van der Waals surface area contributed by atoms with Crippen LogP contribution >= 0.6 is 11.5 Å². The fourth-order valence-corrected chi connectivity index (χ4v) is 2.29. The number of benzene rings is 1. The van der Waals surface area contributed by atoms with Gasteiger partial charge in [0, 0.05) is 4.88 Å². The second-order valence-electron chi connectivity index (χ2n) is 4.39. The largest absolute Gasteiger partial charge is 0.444 e. The minimum Gasteiger partial charge on any atom is -0.444 e. The standard InChI is InChI=1S/C14H16N2O2S.C2H6/c1-9-4-6-12(7-5-9)8-18-14(17)15-13-10(2)16-19-11(13)3;1-2/h4-7H,8H2,1-3H3,(H,15,17);1-2H3. The first-order valence-electron chi connectivity index (χ1n) is 6.98. The van der Waals surface area contributed by atoms with Gasteiger partial charge in [-0.3, -0.25) is 5.32 Å². The molecule has 0 fully saturated rings. The number of rotatable bonds is 3. The highest BCUT2D eigenvalue weighted by molar-refractivity contribution is 7.06. The molecule has 1 aromatic carbocycles. The average molecular weight is 306 g/mol. The van der Waals surface area contributed by atoms with Crippen LogP contribution in [-0.4, -0.2) is 10.5 Å². The zero-order valence-electron chi connectivity index (χ0n) is 13.2. The lowest BCUT2D eigenvalue weighted by Crippen LogP contribution is -2.14. The van der Waals surface area contributed by atoms with Crippen molar-refractivity contribution in [3.05, 3.63) is 46.0 Å². The zero-order valence-corrected chi connectivity index (χ0v) is 14.0. The van der Waals surface area contributed by atoms with Crippen molar-refractivity contribution in [2.24, 2.45) is 0 Å². The van der Waals surface area contributed by atoms with E-state index >= 15 is 0 Å². The molecule has 114 valence electrons. The van der Waals surface area contributed by atoms with Gasteiger partial charge in [0.1, 0.15) is 6.61 Å². The van der Waals surface area contributed by atoms with Crippen LogP contribution < -0.4 is 5.32 Å². The molecule has 0 saturated heterocycles. The number of carbonyl (C=O) groups excluding carboxylic acids is 1. The zero-order chi connectivity index (χ0) is 15.8. The highest BCUT2D eigenvalue weighted by Gasteiger charge is 2.11. The molecule has 0 unspecified atom stereocenters. The molecule has 4 nitrogen and oxygen atoms in total. The van der Waals surface area contributed by atoms with E-state index in [9.17, 15) is 4.79 Å². The van der Waals surface area contributed by atoms with Crippen LogP contribution in [0.5, 0.6) is 0 Å². The Morgan fingerprint density at radius 1 is 1.19 bits per heavy atom. The van der Waals surface area contributed by atoms with Crippen molar-refractivity contribution in [3.8, 4) is 0 Å². The number of nitrogens with zero attached hydrogens (tertiary/aromatic N) is 1. The van der Waals surface area contributed by atoms with Crippen LogP contribution in [0.2, 0.25) is 0 Å². The summed E-state index contributed by atoms with van der Waals surface area (Å²) in [5, 5.41) is 2.73. The Kier molecular flexibility index (Phi) is 6.88. The van der Waals surface area contributed by atoms with Crippen molar-refractivity contribution in [2.45, 2.75) is 41.2 Å². The Morgan fingerprint density at radius 2 is 1.81 bits per heavy atom. The average Bonchev–Trinajstić information content (AvgIpc) is 2.81. The smallest absolute Gasteiger partial charge is 0.412 e. The normalized spacial score (nSPS) is 9.57. The lowest BCUT2D eigenvalue weighted by Gasteiger charge is -2.07. The van der Waals surface area contributed by atoms with Gasteiger partial charge >= 0.3 is 6.09 Å². The first-order chi connectivity index (χ1) is 10.1. The fourth-order valence-electron chi connectivity index (χ4n) is 1.63. The number of amides is 1. The molecule has 5 heteroatoms. The summed E-state index contributed by atoms with van der Waals surface area (Å²) in [6.45, 7) is 10.1. The van der Waals surface area contributed by atoms with E-state index in [2.05, 4.69) is 9.69 Å². The maximum Gasteiger partial charge on any atom is 0.412 e. The second-order valence-corrected chi connectivity index (χ2v) is 5.36. The molecule has 2 aromatic rings. The molecule has 0 spiro atoms. The number of hydrogen-bond acceptors (Lipinski definition) is 4. The monoisotopic (exact) mass is 306 g/mol. The van der Waals surface area contributed by atoms with Gasteiger partial charge in [0.25, 0.3) is 0 Å². The number of ether oxygens (including phenoxy) is 1. The molecule has 2 rings (SSSR count). The molecule has 1 N–H and O–H groups in total. The molecule has 0 aliphatic heterocycles. The quantitative estimate of drug-likeness (QED) is 0.882. The summed E-state index contributed by atoms with van der Waals surface area (Å²) < 4.78 is 9.35. The van der Waals surface area contributed by atoms with Gasteiger partial charge in [0.2, 0.25) is 0 Å². The number of aromatic nitrogens is 1. The van der Waals surface area contributed by atoms with Crippen LogP contribution in [0.15, 0.2) is 24.3 Å². The number of hydrogen-bond donors (Lipinski definition) is 1. The highest BCUT2D eigenvalue weighted by atomic mass is 32.1.